The summed E-state index contributed by atoms with van der Waals surface area (Å²) in [6.07, 6.45) is 2.79. The van der Waals surface area contributed by atoms with Gasteiger partial charge in [0.1, 0.15) is 12.4 Å². The highest BCUT2D eigenvalue weighted by molar-refractivity contribution is 9.10. The van der Waals surface area contributed by atoms with Crippen molar-refractivity contribution in [1.29, 1.82) is 0 Å². The van der Waals surface area contributed by atoms with Crippen LogP contribution in [0, 0.1) is 5.92 Å². The Kier molecular flexibility index (Phi) is 6.33. The molecule has 1 unspecified atom stereocenters. The van der Waals surface area contributed by atoms with E-state index < -0.39 is 0 Å². The first-order valence-corrected chi connectivity index (χ1v) is 7.89. The van der Waals surface area contributed by atoms with Crippen molar-refractivity contribution in [2.75, 3.05) is 26.2 Å². The predicted molar refractivity (Wildman–Crippen MR) is 82.9 cm³/mol. The van der Waals surface area contributed by atoms with Crippen LogP contribution in [-0.4, -0.2) is 32.1 Å². The van der Waals surface area contributed by atoms with Crippen molar-refractivity contribution in [1.82, 2.24) is 10.6 Å². The van der Waals surface area contributed by atoms with E-state index in [4.69, 9.17) is 4.74 Å². The minimum absolute atomic E-state index is 0.122. The quantitative estimate of drug-likeness (QED) is 0.749. The number of rotatable bonds is 7. The van der Waals surface area contributed by atoms with Crippen molar-refractivity contribution in [2.45, 2.75) is 19.3 Å². The van der Waals surface area contributed by atoms with Crippen LogP contribution in [-0.2, 0) is 4.79 Å². The third kappa shape index (κ3) is 5.51. The fourth-order valence-electron chi connectivity index (χ4n) is 2.27. The van der Waals surface area contributed by atoms with E-state index in [1.54, 1.807) is 0 Å². The van der Waals surface area contributed by atoms with Gasteiger partial charge in [-0.1, -0.05) is 15.9 Å². The zero-order valence-corrected chi connectivity index (χ0v) is 13.1. The van der Waals surface area contributed by atoms with Gasteiger partial charge in [0, 0.05) is 10.9 Å². The molecule has 1 aliphatic rings. The second-order valence-electron chi connectivity index (χ2n) is 5.05. The number of carbonyl (C=O) groups is 1. The summed E-state index contributed by atoms with van der Waals surface area (Å²) in [6, 6.07) is 7.67. The van der Waals surface area contributed by atoms with E-state index in [2.05, 4.69) is 26.6 Å². The van der Waals surface area contributed by atoms with E-state index in [-0.39, 0.29) is 5.91 Å². The summed E-state index contributed by atoms with van der Waals surface area (Å²) in [6.45, 7) is 3.20. The highest BCUT2D eigenvalue weighted by Gasteiger charge is 2.15. The Bertz CT molecular complexity index is 416. The lowest BCUT2D eigenvalue weighted by molar-refractivity contribution is -0.121. The molecule has 0 saturated carbocycles. The van der Waals surface area contributed by atoms with E-state index in [0.29, 0.717) is 25.5 Å². The Hall–Kier alpha value is -1.07. The standard InChI is InChI=1S/C15H21BrN2O2/c16-13-2-4-14(5-3-13)20-10-9-18-15(19)6-1-12-7-8-17-11-12/h2-5,12,17H,1,6-11H2,(H,18,19). The van der Waals surface area contributed by atoms with E-state index in [1.165, 1.54) is 6.42 Å². The molecule has 1 aliphatic heterocycles. The molecule has 1 aromatic rings. The number of amides is 1. The number of carbonyl (C=O) groups excluding carboxylic acids is 1. The fourth-order valence-corrected chi connectivity index (χ4v) is 2.54. The largest absolute Gasteiger partial charge is 0.492 e. The molecule has 0 aromatic heterocycles. The van der Waals surface area contributed by atoms with Gasteiger partial charge in [-0.15, -0.1) is 0 Å². The highest BCUT2D eigenvalue weighted by Crippen LogP contribution is 2.16. The molecule has 2 N–H and O–H groups in total. The van der Waals surface area contributed by atoms with Crippen LogP contribution in [0.4, 0.5) is 0 Å². The summed E-state index contributed by atoms with van der Waals surface area (Å²) >= 11 is 3.37. The number of benzene rings is 1. The minimum atomic E-state index is 0.122. The number of hydrogen-bond donors (Lipinski definition) is 2. The molecule has 0 radical (unpaired) electrons. The molecule has 4 nitrogen and oxygen atoms in total. The summed E-state index contributed by atoms with van der Waals surface area (Å²) in [5, 5.41) is 6.21. The van der Waals surface area contributed by atoms with Crippen molar-refractivity contribution < 1.29 is 9.53 Å². The number of halogens is 1. The Balaban J connectivity index is 1.53. The molecular weight excluding hydrogens is 320 g/mol. The molecule has 1 atom stereocenters. The lowest BCUT2D eigenvalue weighted by atomic mass is 10.0. The van der Waals surface area contributed by atoms with Crippen molar-refractivity contribution in [3.8, 4) is 5.75 Å². The average molecular weight is 341 g/mol. The summed E-state index contributed by atoms with van der Waals surface area (Å²) in [5.74, 6) is 1.61. The van der Waals surface area contributed by atoms with Crippen LogP contribution >= 0.6 is 15.9 Å². The summed E-state index contributed by atoms with van der Waals surface area (Å²) < 4.78 is 6.57. The fraction of sp³-hybridized carbons (Fsp3) is 0.533. The maximum absolute atomic E-state index is 11.7. The molecule has 0 spiro atoms. The third-order valence-corrected chi connectivity index (χ3v) is 3.98. The van der Waals surface area contributed by atoms with Crippen molar-refractivity contribution in [3.05, 3.63) is 28.7 Å². The van der Waals surface area contributed by atoms with Gasteiger partial charge in [0.2, 0.25) is 5.91 Å². The van der Waals surface area contributed by atoms with Gasteiger partial charge in [-0.25, -0.2) is 0 Å². The number of ether oxygens (including phenoxy) is 1. The molecule has 20 heavy (non-hydrogen) atoms. The van der Waals surface area contributed by atoms with Gasteiger partial charge in [0.25, 0.3) is 0 Å². The molecule has 110 valence electrons. The molecule has 2 rings (SSSR count). The van der Waals surface area contributed by atoms with E-state index in [0.717, 1.165) is 29.7 Å². The maximum atomic E-state index is 11.7. The Labute approximate surface area is 128 Å². The van der Waals surface area contributed by atoms with Gasteiger partial charge in [-0.2, -0.15) is 0 Å². The van der Waals surface area contributed by atoms with Crippen LogP contribution in [0.2, 0.25) is 0 Å². The Morgan fingerprint density at radius 1 is 1.40 bits per heavy atom. The van der Waals surface area contributed by atoms with Crippen LogP contribution in [0.25, 0.3) is 0 Å². The Morgan fingerprint density at radius 2 is 2.20 bits per heavy atom. The number of nitrogens with one attached hydrogen (secondary N) is 2. The lowest BCUT2D eigenvalue weighted by Gasteiger charge is -2.09. The first kappa shape index (κ1) is 15.3. The van der Waals surface area contributed by atoms with Gasteiger partial charge >= 0.3 is 0 Å². The molecule has 1 fully saturated rings. The van der Waals surface area contributed by atoms with Crippen LogP contribution in [0.1, 0.15) is 19.3 Å². The van der Waals surface area contributed by atoms with Crippen LogP contribution < -0.4 is 15.4 Å². The van der Waals surface area contributed by atoms with E-state index in [1.807, 2.05) is 24.3 Å². The van der Waals surface area contributed by atoms with Gasteiger partial charge in [0.05, 0.1) is 6.54 Å². The van der Waals surface area contributed by atoms with Crippen LogP contribution in [0.3, 0.4) is 0 Å². The normalized spacial score (nSPS) is 17.9. The highest BCUT2D eigenvalue weighted by atomic mass is 79.9. The molecule has 1 amide bonds. The molecule has 1 saturated heterocycles. The topological polar surface area (TPSA) is 50.4 Å². The molecule has 1 heterocycles. The lowest BCUT2D eigenvalue weighted by Crippen LogP contribution is -2.28. The van der Waals surface area contributed by atoms with Gasteiger partial charge < -0.3 is 15.4 Å². The summed E-state index contributed by atoms with van der Waals surface area (Å²) in [7, 11) is 0. The SMILES string of the molecule is O=C(CCC1CCNC1)NCCOc1ccc(Br)cc1. The van der Waals surface area contributed by atoms with E-state index >= 15 is 0 Å². The maximum Gasteiger partial charge on any atom is 0.220 e. The number of hydrogen-bond acceptors (Lipinski definition) is 3. The zero-order chi connectivity index (χ0) is 14.2. The zero-order valence-electron chi connectivity index (χ0n) is 11.5. The van der Waals surface area contributed by atoms with Crippen molar-refractivity contribution in [3.63, 3.8) is 0 Å². The second kappa shape index (κ2) is 8.27. The first-order valence-electron chi connectivity index (χ1n) is 7.10. The first-order chi connectivity index (χ1) is 9.74. The molecule has 5 heteroatoms. The average Bonchev–Trinajstić information content (AvgIpc) is 2.96. The van der Waals surface area contributed by atoms with Gasteiger partial charge in [0.15, 0.2) is 0 Å². The molecule has 1 aromatic carbocycles. The molecule has 0 aliphatic carbocycles. The third-order valence-electron chi connectivity index (χ3n) is 3.45. The summed E-state index contributed by atoms with van der Waals surface area (Å²) in [4.78, 5) is 11.7. The molecule has 0 bridgehead atoms. The minimum Gasteiger partial charge on any atom is -0.492 e. The van der Waals surface area contributed by atoms with Crippen LogP contribution in [0.5, 0.6) is 5.75 Å². The smallest absolute Gasteiger partial charge is 0.220 e. The van der Waals surface area contributed by atoms with Gasteiger partial charge in [-0.3, -0.25) is 4.79 Å². The van der Waals surface area contributed by atoms with Crippen molar-refractivity contribution in [2.24, 2.45) is 5.92 Å². The monoisotopic (exact) mass is 340 g/mol. The van der Waals surface area contributed by atoms with E-state index in [9.17, 15) is 4.79 Å². The van der Waals surface area contributed by atoms with Gasteiger partial charge in [-0.05, 0) is 56.1 Å². The van der Waals surface area contributed by atoms with Crippen molar-refractivity contribution >= 4 is 21.8 Å². The predicted octanol–water partition coefficient (Wildman–Crippen LogP) is 2.33. The Morgan fingerprint density at radius 3 is 2.90 bits per heavy atom. The summed E-state index contributed by atoms with van der Waals surface area (Å²) in [5.41, 5.74) is 0. The van der Waals surface area contributed by atoms with Crippen LogP contribution in [0.15, 0.2) is 28.7 Å². The molecular formula is C15H21BrN2O2. The second-order valence-corrected chi connectivity index (χ2v) is 5.97.